The zero-order valence-electron chi connectivity index (χ0n) is 8.59. The van der Waals surface area contributed by atoms with E-state index in [2.05, 4.69) is 26.2 Å². The molecule has 0 atom stereocenters. The molecule has 0 spiro atoms. The van der Waals surface area contributed by atoms with E-state index in [0.29, 0.717) is 5.02 Å². The van der Waals surface area contributed by atoms with Gasteiger partial charge in [-0.15, -0.1) is 0 Å². The Morgan fingerprint density at radius 2 is 2.40 bits per heavy atom. The first-order chi connectivity index (χ1) is 7.24. The first-order valence-corrected chi connectivity index (χ1v) is 6.03. The normalized spacial score (nSPS) is 10.3. The van der Waals surface area contributed by atoms with E-state index in [1.54, 1.807) is 6.20 Å². The van der Waals surface area contributed by atoms with E-state index in [0.717, 1.165) is 36.5 Å². The summed E-state index contributed by atoms with van der Waals surface area (Å²) in [7, 11) is 0. The van der Waals surface area contributed by atoms with Crippen LogP contribution in [0.4, 0.5) is 5.82 Å². The minimum Gasteiger partial charge on any atom is -0.382 e. The van der Waals surface area contributed by atoms with E-state index in [1.807, 2.05) is 13.0 Å². The van der Waals surface area contributed by atoms with Crippen molar-refractivity contribution in [2.75, 3.05) is 25.1 Å². The van der Waals surface area contributed by atoms with Gasteiger partial charge in [0, 0.05) is 30.4 Å². The molecule has 0 aliphatic carbocycles. The minimum absolute atomic E-state index is 0.626. The van der Waals surface area contributed by atoms with Gasteiger partial charge in [-0.05, 0) is 35.3 Å². The summed E-state index contributed by atoms with van der Waals surface area (Å²) < 4.78 is 6.10. The number of pyridine rings is 1. The third-order valence-corrected chi connectivity index (χ3v) is 2.49. The maximum atomic E-state index is 5.98. The highest BCUT2D eigenvalue weighted by Gasteiger charge is 2.01. The first kappa shape index (κ1) is 12.7. The van der Waals surface area contributed by atoms with Crippen molar-refractivity contribution in [3.8, 4) is 0 Å². The molecule has 0 fully saturated rings. The van der Waals surface area contributed by atoms with Gasteiger partial charge < -0.3 is 10.1 Å². The topological polar surface area (TPSA) is 34.1 Å². The number of halogens is 2. The lowest BCUT2D eigenvalue weighted by Crippen LogP contribution is -2.07. The van der Waals surface area contributed by atoms with Crippen molar-refractivity contribution in [3.05, 3.63) is 21.8 Å². The van der Waals surface area contributed by atoms with Gasteiger partial charge in [-0.2, -0.15) is 0 Å². The molecule has 5 heteroatoms. The summed E-state index contributed by atoms with van der Waals surface area (Å²) in [5.74, 6) is 0.719. The Bertz CT molecular complexity index is 309. The highest BCUT2D eigenvalue weighted by molar-refractivity contribution is 9.10. The molecule has 0 amide bonds. The van der Waals surface area contributed by atoms with Crippen molar-refractivity contribution in [2.45, 2.75) is 13.3 Å². The smallest absolute Gasteiger partial charge is 0.144 e. The van der Waals surface area contributed by atoms with E-state index in [-0.39, 0.29) is 0 Å². The number of hydrogen-bond acceptors (Lipinski definition) is 3. The van der Waals surface area contributed by atoms with Crippen LogP contribution in [0.15, 0.2) is 16.7 Å². The van der Waals surface area contributed by atoms with Gasteiger partial charge in [0.1, 0.15) is 5.82 Å². The fraction of sp³-hybridized carbons (Fsp3) is 0.500. The Morgan fingerprint density at radius 3 is 3.07 bits per heavy atom. The van der Waals surface area contributed by atoms with Gasteiger partial charge in [0.15, 0.2) is 0 Å². The van der Waals surface area contributed by atoms with Crippen LogP contribution in [0.1, 0.15) is 13.3 Å². The van der Waals surface area contributed by atoms with Gasteiger partial charge >= 0.3 is 0 Å². The van der Waals surface area contributed by atoms with Crippen LogP contribution in [-0.4, -0.2) is 24.7 Å². The number of hydrogen-bond donors (Lipinski definition) is 1. The van der Waals surface area contributed by atoms with Gasteiger partial charge in [0.25, 0.3) is 0 Å². The molecule has 0 unspecified atom stereocenters. The highest BCUT2D eigenvalue weighted by Crippen LogP contribution is 2.22. The second kappa shape index (κ2) is 7.04. The Kier molecular flexibility index (Phi) is 5.98. The Morgan fingerprint density at radius 1 is 1.60 bits per heavy atom. The van der Waals surface area contributed by atoms with E-state index in [9.17, 15) is 0 Å². The largest absolute Gasteiger partial charge is 0.382 e. The molecule has 1 aromatic rings. The zero-order valence-corrected chi connectivity index (χ0v) is 10.9. The van der Waals surface area contributed by atoms with Crippen LogP contribution in [0.3, 0.4) is 0 Å². The predicted octanol–water partition coefficient (Wildman–Crippen LogP) is 3.34. The summed E-state index contributed by atoms with van der Waals surface area (Å²) in [4.78, 5) is 4.16. The number of anilines is 1. The summed E-state index contributed by atoms with van der Waals surface area (Å²) in [5, 5.41) is 3.78. The van der Waals surface area contributed by atoms with Crippen molar-refractivity contribution in [1.29, 1.82) is 0 Å². The lowest BCUT2D eigenvalue weighted by molar-refractivity contribution is 0.147. The summed E-state index contributed by atoms with van der Waals surface area (Å²) in [6, 6.07) is 1.82. The monoisotopic (exact) mass is 292 g/mol. The molecule has 0 saturated heterocycles. The van der Waals surface area contributed by atoms with Crippen molar-refractivity contribution < 1.29 is 4.74 Å². The van der Waals surface area contributed by atoms with Gasteiger partial charge in [0.05, 0.1) is 5.02 Å². The molecule has 1 N–H and O–H groups in total. The predicted molar refractivity (Wildman–Crippen MR) is 66.5 cm³/mol. The molecule has 84 valence electrons. The summed E-state index contributed by atoms with van der Waals surface area (Å²) in [6.07, 6.45) is 2.67. The molecule has 0 aliphatic heterocycles. The van der Waals surface area contributed by atoms with E-state index < -0.39 is 0 Å². The summed E-state index contributed by atoms with van der Waals surface area (Å²) in [5.41, 5.74) is 0. The molecule has 0 aliphatic rings. The number of ether oxygens (including phenoxy) is 1. The van der Waals surface area contributed by atoms with E-state index >= 15 is 0 Å². The van der Waals surface area contributed by atoms with Crippen LogP contribution in [0.25, 0.3) is 0 Å². The maximum absolute atomic E-state index is 5.98. The standard InChI is InChI=1S/C10H14BrClN2O/c1-2-15-5-3-4-13-10-9(12)6-8(11)7-14-10/h6-7H,2-5H2,1H3,(H,13,14). The van der Waals surface area contributed by atoms with Crippen LogP contribution in [0, 0.1) is 0 Å². The number of rotatable bonds is 6. The van der Waals surface area contributed by atoms with Crippen LogP contribution in [0.2, 0.25) is 5.02 Å². The molecule has 0 radical (unpaired) electrons. The van der Waals surface area contributed by atoms with Crippen LogP contribution in [-0.2, 0) is 4.74 Å². The molecule has 3 nitrogen and oxygen atoms in total. The second-order valence-corrected chi connectivity index (χ2v) is 4.28. The van der Waals surface area contributed by atoms with E-state index in [4.69, 9.17) is 16.3 Å². The molecule has 1 heterocycles. The van der Waals surface area contributed by atoms with Crippen molar-refractivity contribution >= 4 is 33.3 Å². The summed E-state index contributed by atoms with van der Waals surface area (Å²) in [6.45, 7) is 4.32. The van der Waals surface area contributed by atoms with Crippen molar-refractivity contribution in [3.63, 3.8) is 0 Å². The maximum Gasteiger partial charge on any atom is 0.144 e. The third kappa shape index (κ3) is 4.82. The number of nitrogens with one attached hydrogen (secondary N) is 1. The number of aromatic nitrogens is 1. The van der Waals surface area contributed by atoms with Gasteiger partial charge in [-0.25, -0.2) is 4.98 Å². The van der Waals surface area contributed by atoms with Crippen LogP contribution >= 0.6 is 27.5 Å². The fourth-order valence-corrected chi connectivity index (χ4v) is 1.77. The van der Waals surface area contributed by atoms with Gasteiger partial charge in [-0.1, -0.05) is 11.6 Å². The Hall–Kier alpha value is -0.320. The molecule has 1 aromatic heterocycles. The minimum atomic E-state index is 0.626. The number of nitrogens with zero attached hydrogens (tertiary/aromatic N) is 1. The molecule has 0 bridgehead atoms. The SMILES string of the molecule is CCOCCCNc1ncc(Br)cc1Cl. The Labute approximate surface area is 103 Å². The van der Waals surface area contributed by atoms with Crippen LogP contribution in [0.5, 0.6) is 0 Å². The lowest BCUT2D eigenvalue weighted by atomic mass is 10.4. The molecule has 0 saturated carbocycles. The molecular formula is C10H14BrClN2O. The zero-order chi connectivity index (χ0) is 11.1. The van der Waals surface area contributed by atoms with E-state index in [1.165, 1.54) is 0 Å². The average molecular weight is 294 g/mol. The fourth-order valence-electron chi connectivity index (χ4n) is 1.07. The highest BCUT2D eigenvalue weighted by atomic mass is 79.9. The second-order valence-electron chi connectivity index (χ2n) is 2.96. The molecular weight excluding hydrogens is 279 g/mol. The summed E-state index contributed by atoms with van der Waals surface area (Å²) >= 11 is 9.29. The lowest BCUT2D eigenvalue weighted by Gasteiger charge is -2.07. The van der Waals surface area contributed by atoms with Gasteiger partial charge in [-0.3, -0.25) is 0 Å². The molecule has 15 heavy (non-hydrogen) atoms. The van der Waals surface area contributed by atoms with Crippen molar-refractivity contribution in [1.82, 2.24) is 4.98 Å². The quantitative estimate of drug-likeness (QED) is 0.817. The average Bonchev–Trinajstić information content (AvgIpc) is 2.20. The molecule has 0 aromatic carbocycles. The van der Waals surface area contributed by atoms with Gasteiger partial charge in [0.2, 0.25) is 0 Å². The third-order valence-electron chi connectivity index (χ3n) is 1.77. The van der Waals surface area contributed by atoms with Crippen molar-refractivity contribution in [2.24, 2.45) is 0 Å². The first-order valence-electron chi connectivity index (χ1n) is 4.86. The van der Waals surface area contributed by atoms with Crippen LogP contribution < -0.4 is 5.32 Å². The molecule has 1 rings (SSSR count). The Balaban J connectivity index is 2.31.